The molecule has 3 N–H and O–H groups in total. The van der Waals surface area contributed by atoms with Crippen LogP contribution in [-0.4, -0.2) is 26.3 Å². The molecular weight excluding hydrogens is 182 g/mol. The maximum Gasteiger partial charge on any atom is 0.254 e. The van der Waals surface area contributed by atoms with Gasteiger partial charge in [0.15, 0.2) is 0 Å². The molecule has 0 atom stereocenters. The zero-order valence-electron chi connectivity index (χ0n) is 7.32. The first-order valence-corrected chi connectivity index (χ1v) is 4.11. The maximum absolute atomic E-state index is 11.4. The number of aromatic amines is 2. The van der Waals surface area contributed by atoms with Gasteiger partial charge in [-0.3, -0.25) is 15.0 Å². The average molecular weight is 191 g/mol. The van der Waals surface area contributed by atoms with Crippen molar-refractivity contribution in [1.82, 2.24) is 25.7 Å². The molecule has 0 saturated carbocycles. The number of carbonyl (C=O) groups is 1. The molecule has 0 aliphatic heterocycles. The molecule has 0 unspecified atom stereocenters. The van der Waals surface area contributed by atoms with Gasteiger partial charge in [-0.05, 0) is 0 Å². The number of rotatable bonds is 3. The van der Waals surface area contributed by atoms with E-state index in [1.807, 2.05) is 0 Å². The Balaban J connectivity index is 1.90. The first-order chi connectivity index (χ1) is 6.86. The summed E-state index contributed by atoms with van der Waals surface area (Å²) >= 11 is 0. The summed E-state index contributed by atoms with van der Waals surface area (Å²) in [4.78, 5) is 11.4. The van der Waals surface area contributed by atoms with Gasteiger partial charge < -0.3 is 5.32 Å². The van der Waals surface area contributed by atoms with Gasteiger partial charge in [0.1, 0.15) is 0 Å². The molecule has 0 bridgehead atoms. The zero-order chi connectivity index (χ0) is 9.80. The first-order valence-electron chi connectivity index (χ1n) is 4.11. The molecule has 0 radical (unpaired) electrons. The maximum atomic E-state index is 11.4. The molecule has 0 aromatic carbocycles. The van der Waals surface area contributed by atoms with Crippen LogP contribution >= 0.6 is 0 Å². The van der Waals surface area contributed by atoms with Gasteiger partial charge in [0.2, 0.25) is 0 Å². The van der Waals surface area contributed by atoms with Crippen LogP contribution in [0.15, 0.2) is 24.8 Å². The Bertz CT molecular complexity index is 391. The highest BCUT2D eigenvalue weighted by Gasteiger charge is 2.05. The number of hydrogen-bond donors (Lipinski definition) is 3. The van der Waals surface area contributed by atoms with E-state index < -0.39 is 0 Å². The van der Waals surface area contributed by atoms with Crippen molar-refractivity contribution in [2.45, 2.75) is 6.54 Å². The Morgan fingerprint density at radius 1 is 1.29 bits per heavy atom. The summed E-state index contributed by atoms with van der Waals surface area (Å²) in [6.07, 6.45) is 6.42. The molecule has 0 aliphatic rings. The predicted molar refractivity (Wildman–Crippen MR) is 48.3 cm³/mol. The molecule has 0 fully saturated rings. The van der Waals surface area contributed by atoms with Crippen molar-refractivity contribution >= 4 is 5.91 Å². The van der Waals surface area contributed by atoms with Crippen LogP contribution in [0.4, 0.5) is 0 Å². The Hall–Kier alpha value is -2.11. The number of nitrogens with zero attached hydrogens (tertiary/aromatic N) is 2. The van der Waals surface area contributed by atoms with Crippen LogP contribution in [0.3, 0.4) is 0 Å². The van der Waals surface area contributed by atoms with E-state index in [-0.39, 0.29) is 5.91 Å². The van der Waals surface area contributed by atoms with E-state index >= 15 is 0 Å². The van der Waals surface area contributed by atoms with E-state index in [4.69, 9.17) is 0 Å². The lowest BCUT2D eigenvalue weighted by Crippen LogP contribution is -2.21. The number of H-pyrrole nitrogens is 2. The van der Waals surface area contributed by atoms with Crippen molar-refractivity contribution in [2.75, 3.05) is 0 Å². The smallest absolute Gasteiger partial charge is 0.254 e. The highest BCUT2D eigenvalue weighted by atomic mass is 16.1. The van der Waals surface area contributed by atoms with Gasteiger partial charge >= 0.3 is 0 Å². The summed E-state index contributed by atoms with van der Waals surface area (Å²) in [6.45, 7) is 0.459. The van der Waals surface area contributed by atoms with Gasteiger partial charge in [0, 0.05) is 24.5 Å². The van der Waals surface area contributed by atoms with Crippen LogP contribution in [0.1, 0.15) is 15.9 Å². The molecule has 72 valence electrons. The topological polar surface area (TPSA) is 86.5 Å². The summed E-state index contributed by atoms with van der Waals surface area (Å²) in [7, 11) is 0. The van der Waals surface area contributed by atoms with Gasteiger partial charge in [-0.25, -0.2) is 0 Å². The first kappa shape index (κ1) is 8.49. The number of aromatic nitrogens is 4. The summed E-state index contributed by atoms with van der Waals surface area (Å²) in [5, 5.41) is 15.4. The average Bonchev–Trinajstić information content (AvgIpc) is 2.87. The van der Waals surface area contributed by atoms with Crippen LogP contribution in [-0.2, 0) is 6.54 Å². The van der Waals surface area contributed by atoms with Crippen molar-refractivity contribution in [3.8, 4) is 0 Å². The molecule has 2 aromatic rings. The minimum Gasteiger partial charge on any atom is -0.348 e. The van der Waals surface area contributed by atoms with E-state index in [0.717, 1.165) is 5.56 Å². The summed E-state index contributed by atoms with van der Waals surface area (Å²) in [5.74, 6) is -0.153. The van der Waals surface area contributed by atoms with Gasteiger partial charge in [0.25, 0.3) is 5.91 Å². The third-order valence-electron chi connectivity index (χ3n) is 1.77. The Kier molecular flexibility index (Phi) is 2.26. The molecule has 2 rings (SSSR count). The largest absolute Gasteiger partial charge is 0.348 e. The number of amides is 1. The van der Waals surface area contributed by atoms with Crippen LogP contribution in [0.5, 0.6) is 0 Å². The molecule has 1 amide bonds. The molecular formula is C8H9N5O. The fourth-order valence-electron chi connectivity index (χ4n) is 1.03. The van der Waals surface area contributed by atoms with Crippen LogP contribution in [0.25, 0.3) is 0 Å². The minimum atomic E-state index is -0.153. The number of hydrogen-bond acceptors (Lipinski definition) is 3. The summed E-state index contributed by atoms with van der Waals surface area (Å²) < 4.78 is 0. The lowest BCUT2D eigenvalue weighted by atomic mass is 10.3. The van der Waals surface area contributed by atoms with E-state index in [2.05, 4.69) is 25.7 Å². The minimum absolute atomic E-state index is 0.153. The van der Waals surface area contributed by atoms with Gasteiger partial charge in [-0.2, -0.15) is 10.2 Å². The van der Waals surface area contributed by atoms with Crippen molar-refractivity contribution in [2.24, 2.45) is 0 Å². The van der Waals surface area contributed by atoms with Gasteiger partial charge in [0.05, 0.1) is 18.0 Å². The van der Waals surface area contributed by atoms with Crippen LogP contribution in [0, 0.1) is 0 Å². The van der Waals surface area contributed by atoms with Crippen LogP contribution < -0.4 is 5.32 Å². The highest BCUT2D eigenvalue weighted by Crippen LogP contribution is 1.96. The number of nitrogens with one attached hydrogen (secondary N) is 3. The lowest BCUT2D eigenvalue weighted by molar-refractivity contribution is 0.0951. The molecule has 6 heteroatoms. The van der Waals surface area contributed by atoms with Crippen molar-refractivity contribution in [1.29, 1.82) is 0 Å². The zero-order valence-corrected chi connectivity index (χ0v) is 7.32. The fourth-order valence-corrected chi connectivity index (χ4v) is 1.03. The quantitative estimate of drug-likeness (QED) is 0.641. The Labute approximate surface area is 79.7 Å². The molecule has 2 aromatic heterocycles. The molecule has 0 spiro atoms. The lowest BCUT2D eigenvalue weighted by Gasteiger charge is -1.99. The summed E-state index contributed by atoms with van der Waals surface area (Å²) in [6, 6.07) is 0. The second-order valence-electron chi connectivity index (χ2n) is 2.78. The third kappa shape index (κ3) is 1.79. The number of carbonyl (C=O) groups excluding carboxylic acids is 1. The Morgan fingerprint density at radius 3 is 2.71 bits per heavy atom. The van der Waals surface area contributed by atoms with Crippen molar-refractivity contribution in [3.05, 3.63) is 35.9 Å². The molecule has 0 saturated heterocycles. The molecule has 6 nitrogen and oxygen atoms in total. The second kappa shape index (κ2) is 3.73. The van der Waals surface area contributed by atoms with Gasteiger partial charge in [-0.1, -0.05) is 0 Å². The SMILES string of the molecule is O=C(NCc1cn[nH]c1)c1cn[nH]c1. The second-order valence-corrected chi connectivity index (χ2v) is 2.78. The van der Waals surface area contributed by atoms with E-state index in [9.17, 15) is 4.79 Å². The predicted octanol–water partition coefficient (Wildman–Crippen LogP) is 0.0628. The Morgan fingerprint density at radius 2 is 2.07 bits per heavy atom. The van der Waals surface area contributed by atoms with Crippen LogP contribution in [0.2, 0.25) is 0 Å². The monoisotopic (exact) mass is 191 g/mol. The van der Waals surface area contributed by atoms with E-state index in [1.54, 1.807) is 18.6 Å². The normalized spacial score (nSPS) is 10.0. The van der Waals surface area contributed by atoms with Gasteiger partial charge in [-0.15, -0.1) is 0 Å². The van der Waals surface area contributed by atoms with E-state index in [0.29, 0.717) is 12.1 Å². The highest BCUT2D eigenvalue weighted by molar-refractivity contribution is 5.93. The van der Waals surface area contributed by atoms with Crippen molar-refractivity contribution in [3.63, 3.8) is 0 Å². The fraction of sp³-hybridized carbons (Fsp3) is 0.125. The van der Waals surface area contributed by atoms with Crippen molar-refractivity contribution < 1.29 is 4.79 Å². The third-order valence-corrected chi connectivity index (χ3v) is 1.77. The summed E-state index contributed by atoms with van der Waals surface area (Å²) in [5.41, 5.74) is 1.45. The molecule has 14 heavy (non-hydrogen) atoms. The molecule has 2 heterocycles. The van der Waals surface area contributed by atoms with E-state index in [1.165, 1.54) is 6.20 Å². The standard InChI is InChI=1S/C8H9N5O/c14-8(7-4-12-13-5-7)9-1-6-2-10-11-3-6/h2-5H,1H2,(H,9,14)(H,10,11)(H,12,13). The molecule has 0 aliphatic carbocycles.